The Kier molecular flexibility index (Phi) is 28.9. The summed E-state index contributed by atoms with van der Waals surface area (Å²) in [5, 5.41) is 23.0. The van der Waals surface area contributed by atoms with Gasteiger partial charge in [-0.2, -0.15) is 0 Å². The molecule has 1 rings (SSSR count). The molecule has 1 aliphatic rings. The van der Waals surface area contributed by atoms with Gasteiger partial charge in [0.15, 0.2) is 11.7 Å². The molecule has 0 aromatic carbocycles. The van der Waals surface area contributed by atoms with E-state index in [4.69, 9.17) is 10.2 Å². The molecule has 0 aliphatic heterocycles. The molecule has 4 N–H and O–H groups in total. The third kappa shape index (κ3) is 25.8. The van der Waals surface area contributed by atoms with Crippen LogP contribution in [0.1, 0.15) is 186 Å². The van der Waals surface area contributed by atoms with E-state index in [0.717, 1.165) is 64.2 Å². The molecular weight excluding hydrogens is 598 g/mol. The fraction of sp³-hybridized carbons (Fsp3) is 0.846. The summed E-state index contributed by atoms with van der Waals surface area (Å²) in [6.45, 7) is 0.607. The lowest BCUT2D eigenvalue weighted by Gasteiger charge is -2.14. The lowest BCUT2D eigenvalue weighted by molar-refractivity contribution is -0.119. The maximum atomic E-state index is 14.3. The van der Waals surface area contributed by atoms with E-state index in [0.29, 0.717) is 45.3 Å². The van der Waals surface area contributed by atoms with E-state index in [1.807, 2.05) is 0 Å². The summed E-state index contributed by atoms with van der Waals surface area (Å²) in [4.78, 5) is 24.6. The van der Waals surface area contributed by atoms with Crippen LogP contribution in [-0.4, -0.2) is 47.3 Å². The van der Waals surface area contributed by atoms with Gasteiger partial charge >= 0.3 is 0 Å². The number of nitrogens with one attached hydrogen (secondary N) is 2. The van der Waals surface area contributed by atoms with Crippen molar-refractivity contribution >= 4 is 11.8 Å². The normalized spacial score (nSPS) is 16.9. The van der Waals surface area contributed by atoms with E-state index in [-0.39, 0.29) is 12.1 Å². The van der Waals surface area contributed by atoms with Crippen molar-refractivity contribution in [3.05, 3.63) is 23.8 Å². The molecule has 2 atom stereocenters. The molecule has 8 heteroatoms. The topological polar surface area (TPSA) is 98.7 Å². The minimum atomic E-state index is -0.744. The van der Waals surface area contributed by atoms with Crippen LogP contribution in [0.2, 0.25) is 0 Å². The highest BCUT2D eigenvalue weighted by Gasteiger charge is 2.28. The van der Waals surface area contributed by atoms with Crippen molar-refractivity contribution < 1.29 is 28.6 Å². The zero-order valence-corrected chi connectivity index (χ0v) is 29.7. The minimum Gasteiger partial charge on any atom is -0.396 e. The average molecular weight is 669 g/mol. The molecule has 47 heavy (non-hydrogen) atoms. The van der Waals surface area contributed by atoms with Crippen LogP contribution in [0.4, 0.5) is 8.78 Å². The Morgan fingerprint density at radius 2 is 0.723 bits per heavy atom. The summed E-state index contributed by atoms with van der Waals surface area (Å²) >= 11 is 0. The molecule has 0 unspecified atom stereocenters. The summed E-state index contributed by atoms with van der Waals surface area (Å²) in [5.74, 6) is -2.89. The van der Waals surface area contributed by atoms with Crippen LogP contribution in [0.3, 0.4) is 0 Å². The Morgan fingerprint density at radius 3 is 1.00 bits per heavy atom. The smallest absolute Gasteiger partial charge is 0.279 e. The fourth-order valence-corrected chi connectivity index (χ4v) is 6.44. The first kappa shape index (κ1) is 43.2. The number of halogens is 2. The zero-order chi connectivity index (χ0) is 34.2. The summed E-state index contributed by atoms with van der Waals surface area (Å²) < 4.78 is 28.7. The Hall–Kier alpha value is -1.80. The molecule has 0 saturated heterocycles. The molecule has 1 fully saturated rings. The van der Waals surface area contributed by atoms with Crippen molar-refractivity contribution in [3.63, 3.8) is 0 Å². The number of carbonyl (C=O) groups excluding carboxylic acids is 2. The Bertz CT molecular complexity index is 770. The first-order valence-electron chi connectivity index (χ1n) is 19.5. The number of amides is 2. The van der Waals surface area contributed by atoms with Crippen LogP contribution >= 0.6 is 0 Å². The van der Waals surface area contributed by atoms with Gasteiger partial charge in [-0.3, -0.25) is 9.59 Å². The van der Waals surface area contributed by atoms with E-state index < -0.39 is 23.5 Å². The summed E-state index contributed by atoms with van der Waals surface area (Å²) in [6.07, 6.45) is 33.3. The fourth-order valence-electron chi connectivity index (χ4n) is 6.44. The SMILES string of the molecule is O=C(N[C@@H]1CC[C@H](NC(=O)C(F)=CCCCCCCCCCCCCCCO)C1)C(F)=CCCCCCCCCCCCCCCO. The van der Waals surface area contributed by atoms with E-state index in [2.05, 4.69) is 10.6 Å². The van der Waals surface area contributed by atoms with Crippen molar-refractivity contribution in [2.24, 2.45) is 0 Å². The van der Waals surface area contributed by atoms with E-state index in [1.54, 1.807) is 0 Å². The average Bonchev–Trinajstić information content (AvgIpc) is 3.50. The van der Waals surface area contributed by atoms with Crippen LogP contribution in [0, 0.1) is 0 Å². The second-order valence-corrected chi connectivity index (χ2v) is 13.8. The number of rotatable bonds is 32. The van der Waals surface area contributed by atoms with Crippen LogP contribution in [0.5, 0.6) is 0 Å². The van der Waals surface area contributed by atoms with Crippen molar-refractivity contribution in [3.8, 4) is 0 Å². The van der Waals surface area contributed by atoms with Crippen LogP contribution in [0.15, 0.2) is 23.8 Å². The number of allylic oxidation sites excluding steroid dienone is 2. The lowest BCUT2D eigenvalue weighted by atomic mass is 10.0. The van der Waals surface area contributed by atoms with E-state index >= 15 is 0 Å². The molecule has 0 spiro atoms. The van der Waals surface area contributed by atoms with Gasteiger partial charge in [-0.15, -0.1) is 0 Å². The zero-order valence-electron chi connectivity index (χ0n) is 29.7. The molecular formula is C39H70F2N2O4. The number of aliphatic hydroxyl groups excluding tert-OH is 2. The minimum absolute atomic E-state index is 0.226. The first-order valence-corrected chi connectivity index (χ1v) is 19.5. The highest BCUT2D eigenvalue weighted by molar-refractivity contribution is 5.92. The van der Waals surface area contributed by atoms with Crippen LogP contribution in [-0.2, 0) is 9.59 Å². The van der Waals surface area contributed by atoms with Crippen molar-refractivity contribution in [2.75, 3.05) is 13.2 Å². The van der Waals surface area contributed by atoms with E-state index in [9.17, 15) is 18.4 Å². The molecule has 0 aromatic heterocycles. The summed E-state index contributed by atoms with van der Waals surface area (Å²) in [6, 6.07) is -0.451. The second kappa shape index (κ2) is 31.5. The summed E-state index contributed by atoms with van der Waals surface area (Å²) in [7, 11) is 0. The molecule has 0 bridgehead atoms. The quantitative estimate of drug-likeness (QED) is 0.0424. The number of hydrogen-bond donors (Lipinski definition) is 4. The molecule has 2 amide bonds. The molecule has 0 heterocycles. The molecule has 0 radical (unpaired) electrons. The molecule has 274 valence electrons. The predicted octanol–water partition coefficient (Wildman–Crippen LogP) is 9.97. The van der Waals surface area contributed by atoms with Gasteiger partial charge in [0.1, 0.15) is 0 Å². The van der Waals surface area contributed by atoms with Gasteiger partial charge in [-0.25, -0.2) is 8.78 Å². The number of carbonyl (C=O) groups is 2. The highest BCUT2D eigenvalue weighted by Crippen LogP contribution is 2.21. The summed E-state index contributed by atoms with van der Waals surface area (Å²) in [5.41, 5.74) is 0. The third-order valence-electron chi connectivity index (χ3n) is 9.41. The standard InChI is InChI=1S/C39H70F2N2O4/c40-36(27-23-19-15-11-7-3-1-5-9-13-17-21-25-31-44)38(46)42-34-29-30-35(33-34)43-39(47)37(41)28-24-20-16-12-8-4-2-6-10-14-18-22-26-32-45/h27-28,34-35,44-45H,1-26,29-33H2,(H,42,46)(H,43,47)/t34-,35+. The van der Waals surface area contributed by atoms with Gasteiger partial charge in [-0.1, -0.05) is 128 Å². The maximum Gasteiger partial charge on any atom is 0.279 e. The van der Waals surface area contributed by atoms with Gasteiger partial charge in [-0.05, 0) is 69.9 Å². The molecule has 6 nitrogen and oxygen atoms in total. The third-order valence-corrected chi connectivity index (χ3v) is 9.41. The van der Waals surface area contributed by atoms with Crippen LogP contribution < -0.4 is 10.6 Å². The highest BCUT2D eigenvalue weighted by atomic mass is 19.1. The largest absolute Gasteiger partial charge is 0.396 e. The lowest BCUT2D eigenvalue weighted by Crippen LogP contribution is -2.37. The number of aliphatic hydroxyl groups is 2. The van der Waals surface area contributed by atoms with Gasteiger partial charge in [0.05, 0.1) is 0 Å². The maximum absolute atomic E-state index is 14.3. The van der Waals surface area contributed by atoms with Crippen molar-refractivity contribution in [1.29, 1.82) is 0 Å². The monoisotopic (exact) mass is 669 g/mol. The number of hydrogen-bond acceptors (Lipinski definition) is 4. The van der Waals surface area contributed by atoms with Gasteiger partial charge in [0.25, 0.3) is 11.8 Å². The Morgan fingerprint density at radius 1 is 0.468 bits per heavy atom. The van der Waals surface area contributed by atoms with Gasteiger partial charge < -0.3 is 20.8 Å². The molecule has 1 saturated carbocycles. The second-order valence-electron chi connectivity index (χ2n) is 13.8. The van der Waals surface area contributed by atoms with E-state index in [1.165, 1.54) is 102 Å². The first-order chi connectivity index (χ1) is 23.0. The molecule has 1 aliphatic carbocycles. The van der Waals surface area contributed by atoms with Crippen LogP contribution in [0.25, 0.3) is 0 Å². The Labute approximate surface area is 286 Å². The number of unbranched alkanes of at least 4 members (excludes halogenated alkanes) is 24. The molecule has 0 aromatic rings. The van der Waals surface area contributed by atoms with Gasteiger partial charge in [0.2, 0.25) is 0 Å². The predicted molar refractivity (Wildman–Crippen MR) is 190 cm³/mol. The van der Waals surface area contributed by atoms with Gasteiger partial charge in [0, 0.05) is 25.3 Å². The Balaban J connectivity index is 2.04. The van der Waals surface area contributed by atoms with Crippen molar-refractivity contribution in [1.82, 2.24) is 10.6 Å². The van der Waals surface area contributed by atoms with Crippen molar-refractivity contribution in [2.45, 2.75) is 198 Å².